The maximum Gasteiger partial charge on any atom is 0.335 e. The number of carbonyl (C=O) groups is 3. The molecule has 0 atom stereocenters. The summed E-state index contributed by atoms with van der Waals surface area (Å²) in [5, 5.41) is 0. The smallest absolute Gasteiger partial charge is 0.335 e. The predicted molar refractivity (Wildman–Crippen MR) is 97.2 cm³/mol. The van der Waals surface area contributed by atoms with Crippen molar-refractivity contribution in [1.29, 1.82) is 0 Å². The number of fused-ring (bicyclic) bond motifs is 1. The van der Waals surface area contributed by atoms with Gasteiger partial charge in [-0.05, 0) is 42.0 Å². The maximum absolute atomic E-state index is 13.4. The third kappa shape index (κ3) is 3.43. The highest BCUT2D eigenvalue weighted by Gasteiger charge is 2.37. The largest absolute Gasteiger partial charge is 0.466 e. The lowest BCUT2D eigenvalue weighted by atomic mass is 10.1. The number of esters is 1. The molecule has 26 heavy (non-hydrogen) atoms. The number of carbonyl (C=O) groups excluding carboxylic acids is 3. The number of benzene rings is 2. The van der Waals surface area contributed by atoms with Crippen LogP contribution in [0.5, 0.6) is 0 Å². The van der Waals surface area contributed by atoms with Gasteiger partial charge >= 0.3 is 5.97 Å². The minimum atomic E-state index is -0.809. The molecule has 0 fully saturated rings. The average Bonchev–Trinajstić information content (AvgIpc) is 2.86. The minimum Gasteiger partial charge on any atom is -0.466 e. The molecule has 1 heterocycles. The number of halogens is 2. The van der Waals surface area contributed by atoms with Crippen molar-refractivity contribution in [3.8, 4) is 0 Å². The second-order valence-electron chi connectivity index (χ2n) is 5.59. The highest BCUT2D eigenvalue weighted by molar-refractivity contribution is 9.10. The van der Waals surface area contributed by atoms with Crippen LogP contribution in [0.15, 0.2) is 52.5 Å². The summed E-state index contributed by atoms with van der Waals surface area (Å²) < 4.78 is 19.1. The molecule has 2 aromatic carbocycles. The van der Waals surface area contributed by atoms with Gasteiger partial charge in [0, 0.05) is 4.47 Å². The summed E-state index contributed by atoms with van der Waals surface area (Å²) in [4.78, 5) is 37.7. The molecule has 3 rings (SSSR count). The van der Waals surface area contributed by atoms with Crippen LogP contribution in [0.3, 0.4) is 0 Å². The molecular formula is C19H13BrFNO4. The second-order valence-corrected chi connectivity index (χ2v) is 6.51. The predicted octanol–water partition coefficient (Wildman–Crippen LogP) is 3.37. The summed E-state index contributed by atoms with van der Waals surface area (Å²) in [6.45, 7) is -0.161. The highest BCUT2D eigenvalue weighted by atomic mass is 79.9. The van der Waals surface area contributed by atoms with E-state index in [2.05, 4.69) is 15.9 Å². The lowest BCUT2D eigenvalue weighted by molar-refractivity contribution is -0.136. The Kier molecular flexibility index (Phi) is 4.99. The van der Waals surface area contributed by atoms with Crippen LogP contribution in [0.1, 0.15) is 15.9 Å². The summed E-state index contributed by atoms with van der Waals surface area (Å²) in [6.07, 6.45) is 1.58. The lowest BCUT2D eigenvalue weighted by Gasteiger charge is -2.17. The van der Waals surface area contributed by atoms with Gasteiger partial charge in [0.1, 0.15) is 5.82 Å². The fraction of sp³-hybridized carbons (Fsp3) is 0.105. The Labute approximate surface area is 157 Å². The van der Waals surface area contributed by atoms with Gasteiger partial charge in [-0.2, -0.15) is 0 Å². The SMILES string of the molecule is COC(=O)/C(=C/c1ccc(Br)cc1)CN1C(=O)C(=O)c2cc(F)ccc21. The Balaban J connectivity index is 1.98. The van der Waals surface area contributed by atoms with E-state index in [0.717, 1.165) is 27.1 Å². The van der Waals surface area contributed by atoms with Gasteiger partial charge in [-0.25, -0.2) is 9.18 Å². The van der Waals surface area contributed by atoms with Crippen LogP contribution < -0.4 is 4.90 Å². The number of rotatable bonds is 4. The molecule has 0 aliphatic carbocycles. The highest BCUT2D eigenvalue weighted by Crippen LogP contribution is 2.30. The van der Waals surface area contributed by atoms with E-state index in [9.17, 15) is 18.8 Å². The number of hydrogen-bond donors (Lipinski definition) is 0. The molecule has 0 bridgehead atoms. The first-order valence-electron chi connectivity index (χ1n) is 7.61. The number of ketones is 1. The first-order valence-corrected chi connectivity index (χ1v) is 8.40. The number of amides is 1. The van der Waals surface area contributed by atoms with Crippen molar-refractivity contribution in [3.05, 3.63) is 69.5 Å². The Morgan fingerprint density at radius 3 is 2.54 bits per heavy atom. The van der Waals surface area contributed by atoms with E-state index in [4.69, 9.17) is 4.74 Å². The molecule has 0 radical (unpaired) electrons. The minimum absolute atomic E-state index is 0.0112. The summed E-state index contributed by atoms with van der Waals surface area (Å²) in [6, 6.07) is 10.7. The van der Waals surface area contributed by atoms with Crippen LogP contribution in [0, 0.1) is 5.82 Å². The molecule has 1 aliphatic rings. The van der Waals surface area contributed by atoms with E-state index < -0.39 is 23.5 Å². The van der Waals surface area contributed by atoms with E-state index >= 15 is 0 Å². The molecular weight excluding hydrogens is 405 g/mol. The Morgan fingerprint density at radius 1 is 1.19 bits per heavy atom. The molecule has 0 unspecified atom stereocenters. The zero-order chi connectivity index (χ0) is 18.8. The number of hydrogen-bond acceptors (Lipinski definition) is 4. The number of nitrogens with zero attached hydrogens (tertiary/aromatic N) is 1. The van der Waals surface area contributed by atoms with Crippen molar-refractivity contribution in [2.45, 2.75) is 0 Å². The van der Waals surface area contributed by atoms with Gasteiger partial charge in [-0.1, -0.05) is 28.1 Å². The molecule has 1 aliphatic heterocycles. The van der Waals surface area contributed by atoms with Gasteiger partial charge in [-0.15, -0.1) is 0 Å². The third-order valence-electron chi connectivity index (χ3n) is 3.92. The fourth-order valence-corrected chi connectivity index (χ4v) is 2.92. The Morgan fingerprint density at radius 2 is 1.88 bits per heavy atom. The first kappa shape index (κ1) is 18.0. The molecule has 2 aromatic rings. The average molecular weight is 418 g/mol. The normalized spacial score (nSPS) is 13.8. The number of ether oxygens (including phenoxy) is 1. The quantitative estimate of drug-likeness (QED) is 0.434. The summed E-state index contributed by atoms with van der Waals surface area (Å²) >= 11 is 3.33. The van der Waals surface area contributed by atoms with Gasteiger partial charge in [0.15, 0.2) is 0 Å². The van der Waals surface area contributed by atoms with Crippen molar-refractivity contribution < 1.29 is 23.5 Å². The third-order valence-corrected chi connectivity index (χ3v) is 4.45. The van der Waals surface area contributed by atoms with E-state index in [1.165, 1.54) is 13.2 Å². The van der Waals surface area contributed by atoms with Crippen LogP contribution in [0.25, 0.3) is 6.08 Å². The number of Topliss-reactive ketones (excluding diaryl/α,β-unsaturated/α-hetero) is 1. The van der Waals surface area contributed by atoms with Crippen LogP contribution in [-0.4, -0.2) is 31.3 Å². The fourth-order valence-electron chi connectivity index (χ4n) is 2.66. The lowest BCUT2D eigenvalue weighted by Crippen LogP contribution is -2.33. The maximum atomic E-state index is 13.4. The topological polar surface area (TPSA) is 63.7 Å². The standard InChI is InChI=1S/C19H13BrFNO4/c1-26-19(25)12(8-11-2-4-13(20)5-3-11)10-22-16-7-6-14(21)9-15(16)17(23)18(22)24/h2-9H,10H2,1H3/b12-8+. The Bertz CT molecular complexity index is 937. The summed E-state index contributed by atoms with van der Waals surface area (Å²) in [7, 11) is 1.23. The second kappa shape index (κ2) is 7.21. The number of methoxy groups -OCH3 is 1. The van der Waals surface area contributed by atoms with Crippen LogP contribution in [0.4, 0.5) is 10.1 Å². The monoisotopic (exact) mass is 417 g/mol. The van der Waals surface area contributed by atoms with E-state index in [1.54, 1.807) is 18.2 Å². The summed E-state index contributed by atoms with van der Waals surface area (Å²) in [5.74, 6) is -2.84. The van der Waals surface area contributed by atoms with Gasteiger partial charge in [-0.3, -0.25) is 9.59 Å². The van der Waals surface area contributed by atoms with Crippen LogP contribution in [-0.2, 0) is 14.3 Å². The molecule has 7 heteroatoms. The molecule has 0 N–H and O–H groups in total. The van der Waals surface area contributed by atoms with Gasteiger partial charge in [0.25, 0.3) is 11.7 Å². The van der Waals surface area contributed by atoms with Gasteiger partial charge < -0.3 is 9.64 Å². The first-order chi connectivity index (χ1) is 12.4. The van der Waals surface area contributed by atoms with Gasteiger partial charge in [0.2, 0.25) is 0 Å². The van der Waals surface area contributed by atoms with Gasteiger partial charge in [0.05, 0.1) is 30.5 Å². The molecule has 1 amide bonds. The van der Waals surface area contributed by atoms with E-state index in [-0.39, 0.29) is 23.4 Å². The van der Waals surface area contributed by atoms with Crippen LogP contribution >= 0.6 is 15.9 Å². The Hall–Kier alpha value is -2.80. The summed E-state index contributed by atoms with van der Waals surface area (Å²) in [5.41, 5.74) is 1.17. The van der Waals surface area contributed by atoms with Crippen molar-refractivity contribution >= 4 is 45.4 Å². The zero-order valence-electron chi connectivity index (χ0n) is 13.7. The molecule has 5 nitrogen and oxygen atoms in total. The van der Waals surface area contributed by atoms with E-state index in [1.807, 2.05) is 12.1 Å². The van der Waals surface area contributed by atoms with Crippen molar-refractivity contribution in [3.63, 3.8) is 0 Å². The van der Waals surface area contributed by atoms with E-state index in [0.29, 0.717) is 0 Å². The van der Waals surface area contributed by atoms with Crippen molar-refractivity contribution in [1.82, 2.24) is 0 Å². The molecule has 0 spiro atoms. The zero-order valence-corrected chi connectivity index (χ0v) is 15.2. The van der Waals surface area contributed by atoms with Crippen molar-refractivity contribution in [2.24, 2.45) is 0 Å². The number of anilines is 1. The molecule has 0 saturated heterocycles. The molecule has 0 saturated carbocycles. The molecule has 0 aromatic heterocycles. The van der Waals surface area contributed by atoms with Crippen LogP contribution in [0.2, 0.25) is 0 Å². The van der Waals surface area contributed by atoms with Crippen molar-refractivity contribution in [2.75, 3.05) is 18.6 Å². The molecule has 132 valence electrons.